The minimum atomic E-state index is 0.826. The summed E-state index contributed by atoms with van der Waals surface area (Å²) in [5, 5.41) is 6.70. The van der Waals surface area contributed by atoms with Crippen molar-refractivity contribution in [1.29, 1.82) is 0 Å². The topological polar surface area (TPSA) is 49.8 Å². The second-order valence-electron chi connectivity index (χ2n) is 4.21. The van der Waals surface area contributed by atoms with E-state index in [4.69, 9.17) is 0 Å². The maximum Gasteiger partial charge on any atom is 0.138 e. The molecule has 2 N–H and O–H groups in total. The molecule has 0 saturated carbocycles. The number of anilines is 2. The number of aromatic nitrogens is 2. The summed E-state index contributed by atoms with van der Waals surface area (Å²) in [6, 6.07) is 8.06. The third kappa shape index (κ3) is 2.37. The second-order valence-corrected chi connectivity index (χ2v) is 5.13. The molecular formula is C13H13BrN4. The molecule has 1 aromatic carbocycles. The Morgan fingerprint density at radius 2 is 2.22 bits per heavy atom. The van der Waals surface area contributed by atoms with Gasteiger partial charge in [-0.2, -0.15) is 0 Å². The van der Waals surface area contributed by atoms with Crippen molar-refractivity contribution in [1.82, 2.24) is 15.3 Å². The highest BCUT2D eigenvalue weighted by atomic mass is 79.9. The molecule has 1 aliphatic rings. The standard InChI is InChI=1S/C13H13BrN4/c14-9-2-1-3-10(6-9)18-13-11-7-15-5-4-12(11)16-8-17-13/h1-3,6,8,15H,4-5,7H2,(H,16,17,18). The van der Waals surface area contributed by atoms with Crippen molar-refractivity contribution in [2.24, 2.45) is 0 Å². The molecule has 0 saturated heterocycles. The highest BCUT2D eigenvalue weighted by Gasteiger charge is 2.14. The Hall–Kier alpha value is -1.46. The Morgan fingerprint density at radius 1 is 1.28 bits per heavy atom. The van der Waals surface area contributed by atoms with E-state index in [1.54, 1.807) is 6.33 Å². The summed E-state index contributed by atoms with van der Waals surface area (Å²) in [6.45, 7) is 1.81. The van der Waals surface area contributed by atoms with E-state index in [0.717, 1.165) is 41.2 Å². The largest absolute Gasteiger partial charge is 0.340 e. The van der Waals surface area contributed by atoms with Crippen LogP contribution < -0.4 is 10.6 Å². The smallest absolute Gasteiger partial charge is 0.138 e. The summed E-state index contributed by atoms with van der Waals surface area (Å²) in [7, 11) is 0. The van der Waals surface area contributed by atoms with Crippen molar-refractivity contribution in [2.75, 3.05) is 11.9 Å². The van der Waals surface area contributed by atoms with E-state index in [1.807, 2.05) is 24.3 Å². The summed E-state index contributed by atoms with van der Waals surface area (Å²) in [6.07, 6.45) is 2.59. The number of fused-ring (bicyclic) bond motifs is 1. The van der Waals surface area contributed by atoms with Gasteiger partial charge in [-0.15, -0.1) is 0 Å². The Bertz CT molecular complexity index is 571. The van der Waals surface area contributed by atoms with E-state index in [1.165, 1.54) is 5.56 Å². The van der Waals surface area contributed by atoms with Crippen LogP contribution in [0.25, 0.3) is 0 Å². The zero-order chi connectivity index (χ0) is 12.4. The van der Waals surface area contributed by atoms with Gasteiger partial charge in [0.05, 0.1) is 5.69 Å². The molecule has 0 spiro atoms. The van der Waals surface area contributed by atoms with Crippen LogP contribution in [0.3, 0.4) is 0 Å². The average Bonchev–Trinajstić information content (AvgIpc) is 2.39. The van der Waals surface area contributed by atoms with Gasteiger partial charge in [-0.1, -0.05) is 22.0 Å². The quantitative estimate of drug-likeness (QED) is 0.895. The van der Waals surface area contributed by atoms with Crippen LogP contribution in [0.1, 0.15) is 11.3 Å². The molecule has 92 valence electrons. The van der Waals surface area contributed by atoms with Gasteiger partial charge in [0.15, 0.2) is 0 Å². The van der Waals surface area contributed by atoms with Gasteiger partial charge < -0.3 is 10.6 Å². The van der Waals surface area contributed by atoms with Crippen LogP contribution in [-0.4, -0.2) is 16.5 Å². The van der Waals surface area contributed by atoms with Crippen molar-refractivity contribution in [3.8, 4) is 0 Å². The van der Waals surface area contributed by atoms with Crippen LogP contribution in [0.5, 0.6) is 0 Å². The van der Waals surface area contributed by atoms with E-state index in [0.29, 0.717) is 0 Å². The van der Waals surface area contributed by atoms with Crippen molar-refractivity contribution >= 4 is 27.4 Å². The molecule has 0 unspecified atom stereocenters. The average molecular weight is 305 g/mol. The van der Waals surface area contributed by atoms with Gasteiger partial charge in [-0.25, -0.2) is 9.97 Å². The van der Waals surface area contributed by atoms with E-state index < -0.39 is 0 Å². The van der Waals surface area contributed by atoms with Crippen LogP contribution in [0.15, 0.2) is 35.1 Å². The molecule has 0 aliphatic carbocycles. The van der Waals surface area contributed by atoms with Gasteiger partial charge in [0.25, 0.3) is 0 Å². The number of nitrogens with one attached hydrogen (secondary N) is 2. The molecular weight excluding hydrogens is 292 g/mol. The fraction of sp³-hybridized carbons (Fsp3) is 0.231. The fourth-order valence-electron chi connectivity index (χ4n) is 2.08. The lowest BCUT2D eigenvalue weighted by atomic mass is 10.1. The minimum absolute atomic E-state index is 0.826. The van der Waals surface area contributed by atoms with Gasteiger partial charge in [0.2, 0.25) is 0 Å². The van der Waals surface area contributed by atoms with Crippen molar-refractivity contribution in [3.63, 3.8) is 0 Å². The zero-order valence-corrected chi connectivity index (χ0v) is 11.4. The van der Waals surface area contributed by atoms with E-state index in [2.05, 4.69) is 36.5 Å². The summed E-state index contributed by atoms with van der Waals surface area (Å²) in [5.74, 6) is 0.894. The number of nitrogens with zero attached hydrogens (tertiary/aromatic N) is 2. The Balaban J connectivity index is 1.93. The second kappa shape index (κ2) is 5.04. The Kier molecular flexibility index (Phi) is 3.25. The predicted octanol–water partition coefficient (Wildman–Crippen LogP) is 2.63. The molecule has 0 amide bonds. The number of hydrogen-bond donors (Lipinski definition) is 2. The molecule has 4 nitrogen and oxygen atoms in total. The van der Waals surface area contributed by atoms with Crippen molar-refractivity contribution in [2.45, 2.75) is 13.0 Å². The van der Waals surface area contributed by atoms with Crippen LogP contribution >= 0.6 is 15.9 Å². The third-order valence-corrected chi connectivity index (χ3v) is 3.46. The molecule has 0 atom stereocenters. The number of benzene rings is 1. The molecule has 2 aromatic rings. The lowest BCUT2D eigenvalue weighted by molar-refractivity contribution is 0.628. The van der Waals surface area contributed by atoms with Gasteiger partial charge in [0.1, 0.15) is 12.1 Å². The van der Waals surface area contributed by atoms with Crippen molar-refractivity contribution < 1.29 is 0 Å². The maximum atomic E-state index is 4.34. The molecule has 1 aromatic heterocycles. The van der Waals surface area contributed by atoms with Gasteiger partial charge in [-0.05, 0) is 18.2 Å². The highest BCUT2D eigenvalue weighted by Crippen LogP contribution is 2.24. The summed E-state index contributed by atoms with van der Waals surface area (Å²) in [5.41, 5.74) is 3.33. The van der Waals surface area contributed by atoms with Crippen molar-refractivity contribution in [3.05, 3.63) is 46.3 Å². The predicted molar refractivity (Wildman–Crippen MR) is 74.9 cm³/mol. The molecule has 3 rings (SSSR count). The summed E-state index contributed by atoms with van der Waals surface area (Å²) >= 11 is 3.47. The van der Waals surface area contributed by atoms with Crippen LogP contribution in [0.4, 0.5) is 11.5 Å². The minimum Gasteiger partial charge on any atom is -0.340 e. The molecule has 0 radical (unpaired) electrons. The first-order valence-electron chi connectivity index (χ1n) is 5.89. The Labute approximate surface area is 114 Å². The third-order valence-electron chi connectivity index (χ3n) is 2.96. The monoisotopic (exact) mass is 304 g/mol. The fourth-order valence-corrected chi connectivity index (χ4v) is 2.48. The first-order chi connectivity index (χ1) is 8.83. The van der Waals surface area contributed by atoms with Gasteiger partial charge in [-0.3, -0.25) is 0 Å². The number of halogens is 1. The lowest BCUT2D eigenvalue weighted by Gasteiger charge is -2.19. The highest BCUT2D eigenvalue weighted by molar-refractivity contribution is 9.10. The van der Waals surface area contributed by atoms with Gasteiger partial charge >= 0.3 is 0 Å². The van der Waals surface area contributed by atoms with Gasteiger partial charge in [0, 0.05) is 35.2 Å². The van der Waals surface area contributed by atoms with E-state index in [9.17, 15) is 0 Å². The van der Waals surface area contributed by atoms with E-state index in [-0.39, 0.29) is 0 Å². The SMILES string of the molecule is Brc1cccc(Nc2ncnc3c2CNCC3)c1. The molecule has 0 bridgehead atoms. The maximum absolute atomic E-state index is 4.34. The Morgan fingerprint density at radius 3 is 3.11 bits per heavy atom. The molecule has 18 heavy (non-hydrogen) atoms. The number of rotatable bonds is 2. The first kappa shape index (κ1) is 11.6. The summed E-state index contributed by atoms with van der Waals surface area (Å²) < 4.78 is 1.05. The molecule has 0 fully saturated rings. The lowest BCUT2D eigenvalue weighted by Crippen LogP contribution is -2.25. The van der Waals surface area contributed by atoms with Crippen LogP contribution in [-0.2, 0) is 13.0 Å². The van der Waals surface area contributed by atoms with Crippen LogP contribution in [0.2, 0.25) is 0 Å². The normalized spacial score (nSPS) is 14.1. The van der Waals surface area contributed by atoms with Crippen LogP contribution in [0, 0.1) is 0 Å². The molecule has 2 heterocycles. The molecule has 1 aliphatic heterocycles. The first-order valence-corrected chi connectivity index (χ1v) is 6.68. The van der Waals surface area contributed by atoms with E-state index >= 15 is 0 Å². The number of hydrogen-bond acceptors (Lipinski definition) is 4. The molecule has 5 heteroatoms. The summed E-state index contributed by atoms with van der Waals surface area (Å²) in [4.78, 5) is 8.68. The zero-order valence-electron chi connectivity index (χ0n) is 9.78.